The Morgan fingerprint density at radius 2 is 2.08 bits per heavy atom. The van der Waals surface area contributed by atoms with E-state index in [-0.39, 0.29) is 11.9 Å². The van der Waals surface area contributed by atoms with E-state index in [1.165, 1.54) is 0 Å². The first-order valence-electron chi connectivity index (χ1n) is 8.11. The van der Waals surface area contributed by atoms with Crippen LogP contribution in [-0.4, -0.2) is 33.9 Å². The van der Waals surface area contributed by atoms with Crippen molar-refractivity contribution >= 4 is 17.4 Å². The average molecular weight is 339 g/mol. The zero-order chi connectivity index (χ0) is 17.6. The number of anilines is 1. The Balaban J connectivity index is 1.49. The molecule has 2 aromatic heterocycles. The molecule has 7 heteroatoms. The molecule has 0 saturated carbocycles. The van der Waals surface area contributed by atoms with Gasteiger partial charge in [0.1, 0.15) is 11.6 Å². The molecule has 0 aliphatic carbocycles. The van der Waals surface area contributed by atoms with Gasteiger partial charge in [-0.3, -0.25) is 14.2 Å². The maximum absolute atomic E-state index is 12.1. The monoisotopic (exact) mass is 339 g/mol. The van der Waals surface area contributed by atoms with Gasteiger partial charge in [0.25, 0.3) is 0 Å². The van der Waals surface area contributed by atoms with Crippen LogP contribution in [0.25, 0.3) is 5.65 Å². The first-order chi connectivity index (χ1) is 12.2. The van der Waals surface area contributed by atoms with Gasteiger partial charge in [-0.05, 0) is 24.6 Å². The van der Waals surface area contributed by atoms with Crippen LogP contribution in [0.4, 0.5) is 5.82 Å². The highest BCUT2D eigenvalue weighted by molar-refractivity contribution is 5.77. The minimum atomic E-state index is -0.0553. The topological polar surface area (TPSA) is 80.5 Å². The van der Waals surface area contributed by atoms with Crippen LogP contribution in [0, 0.1) is 0 Å². The number of carbonyl (C=O) groups excluding carboxylic acids is 1. The Morgan fingerprint density at radius 1 is 1.28 bits per heavy atom. The lowest BCUT2D eigenvalue weighted by Crippen LogP contribution is -2.28. The first-order valence-corrected chi connectivity index (χ1v) is 8.11. The number of methoxy groups -OCH3 is 1. The second-order valence-corrected chi connectivity index (χ2v) is 5.69. The van der Waals surface area contributed by atoms with E-state index in [1.54, 1.807) is 25.7 Å². The van der Waals surface area contributed by atoms with Crippen LogP contribution in [0.1, 0.15) is 24.9 Å². The molecule has 25 heavy (non-hydrogen) atoms. The molecule has 7 nitrogen and oxygen atoms in total. The predicted octanol–water partition coefficient (Wildman–Crippen LogP) is 2.42. The molecule has 2 heterocycles. The van der Waals surface area contributed by atoms with Gasteiger partial charge in [-0.2, -0.15) is 0 Å². The van der Waals surface area contributed by atoms with Gasteiger partial charge >= 0.3 is 0 Å². The smallest absolute Gasteiger partial charge is 0.222 e. The zero-order valence-electron chi connectivity index (χ0n) is 14.3. The number of benzene rings is 1. The number of carbonyl (C=O) groups is 1. The van der Waals surface area contributed by atoms with E-state index in [2.05, 4.69) is 20.6 Å². The summed E-state index contributed by atoms with van der Waals surface area (Å²) >= 11 is 0. The van der Waals surface area contributed by atoms with Gasteiger partial charge in [-0.25, -0.2) is 4.98 Å². The van der Waals surface area contributed by atoms with Crippen LogP contribution >= 0.6 is 0 Å². The number of nitrogens with zero attached hydrogens (tertiary/aromatic N) is 3. The fourth-order valence-corrected chi connectivity index (χ4v) is 2.57. The molecule has 3 aromatic rings. The standard InChI is InChI=1S/C18H21N5O2/c1-13(14-3-5-15(25-2)6-4-14)22-18(24)7-8-20-17-12-21-16-11-19-9-10-23(16)17/h3-6,9-13,20H,7-8H2,1-2H3,(H,22,24). The molecule has 1 aromatic carbocycles. The fraction of sp³-hybridized carbons (Fsp3) is 0.278. The van der Waals surface area contributed by atoms with Crippen LogP contribution in [-0.2, 0) is 4.79 Å². The molecule has 1 unspecified atom stereocenters. The molecule has 0 aliphatic heterocycles. The lowest BCUT2D eigenvalue weighted by atomic mass is 10.1. The number of aromatic nitrogens is 3. The SMILES string of the molecule is COc1ccc(C(C)NC(=O)CCNc2cnc3cnccn23)cc1. The molecule has 0 fully saturated rings. The van der Waals surface area contributed by atoms with Gasteiger partial charge in [-0.15, -0.1) is 0 Å². The molecule has 1 atom stereocenters. The van der Waals surface area contributed by atoms with Crippen molar-refractivity contribution in [2.24, 2.45) is 0 Å². The number of imidazole rings is 1. The number of hydrogen-bond donors (Lipinski definition) is 2. The lowest BCUT2D eigenvalue weighted by molar-refractivity contribution is -0.121. The predicted molar refractivity (Wildman–Crippen MR) is 95.6 cm³/mol. The number of ether oxygens (including phenoxy) is 1. The zero-order valence-corrected chi connectivity index (χ0v) is 14.3. The molecule has 0 spiro atoms. The third-order valence-corrected chi connectivity index (χ3v) is 3.97. The van der Waals surface area contributed by atoms with Crippen LogP contribution in [0.2, 0.25) is 0 Å². The minimum Gasteiger partial charge on any atom is -0.497 e. The third kappa shape index (κ3) is 4.06. The fourth-order valence-electron chi connectivity index (χ4n) is 2.57. The van der Waals surface area contributed by atoms with E-state index in [1.807, 2.05) is 41.8 Å². The number of hydrogen-bond acceptors (Lipinski definition) is 5. The minimum absolute atomic E-state index is 0.00805. The van der Waals surface area contributed by atoms with Crippen LogP contribution in [0.15, 0.2) is 49.1 Å². The second kappa shape index (κ2) is 7.65. The quantitative estimate of drug-likeness (QED) is 0.691. The average Bonchev–Trinajstić information content (AvgIpc) is 3.05. The summed E-state index contributed by atoms with van der Waals surface area (Å²) in [5.41, 5.74) is 1.80. The van der Waals surface area contributed by atoms with Crippen molar-refractivity contribution in [2.45, 2.75) is 19.4 Å². The number of nitrogens with one attached hydrogen (secondary N) is 2. The van der Waals surface area contributed by atoms with Gasteiger partial charge in [-0.1, -0.05) is 12.1 Å². The molecule has 0 radical (unpaired) electrons. The first kappa shape index (κ1) is 16.8. The molecule has 130 valence electrons. The molecular weight excluding hydrogens is 318 g/mol. The van der Waals surface area contributed by atoms with E-state index in [9.17, 15) is 4.79 Å². The normalized spacial score (nSPS) is 11.9. The Hall–Kier alpha value is -3.09. The maximum atomic E-state index is 12.1. The van der Waals surface area contributed by atoms with Gasteiger partial charge in [0.15, 0.2) is 5.65 Å². The summed E-state index contributed by atoms with van der Waals surface area (Å²) in [5.74, 6) is 1.63. The molecular formula is C18H21N5O2. The molecule has 3 rings (SSSR count). The Labute approximate surface area is 146 Å². The molecule has 1 amide bonds. The number of rotatable bonds is 7. The summed E-state index contributed by atoms with van der Waals surface area (Å²) in [6.45, 7) is 2.49. The van der Waals surface area contributed by atoms with E-state index in [0.717, 1.165) is 22.8 Å². The van der Waals surface area contributed by atoms with Gasteiger partial charge in [0, 0.05) is 25.4 Å². The van der Waals surface area contributed by atoms with Crippen molar-refractivity contribution < 1.29 is 9.53 Å². The van der Waals surface area contributed by atoms with Crippen LogP contribution in [0.3, 0.4) is 0 Å². The van der Waals surface area contributed by atoms with Crippen molar-refractivity contribution in [1.82, 2.24) is 19.7 Å². The summed E-state index contributed by atoms with van der Waals surface area (Å²) in [5, 5.41) is 6.22. The van der Waals surface area contributed by atoms with Crippen molar-refractivity contribution in [3.8, 4) is 5.75 Å². The molecule has 0 bridgehead atoms. The number of fused-ring (bicyclic) bond motifs is 1. The number of amides is 1. The molecule has 0 aliphatic rings. The highest BCUT2D eigenvalue weighted by atomic mass is 16.5. The van der Waals surface area contributed by atoms with Crippen LogP contribution < -0.4 is 15.4 Å². The molecule has 2 N–H and O–H groups in total. The maximum Gasteiger partial charge on any atom is 0.222 e. The van der Waals surface area contributed by atoms with Crippen molar-refractivity contribution in [2.75, 3.05) is 19.0 Å². The van der Waals surface area contributed by atoms with E-state index in [4.69, 9.17) is 4.74 Å². The summed E-state index contributed by atoms with van der Waals surface area (Å²) in [7, 11) is 1.63. The van der Waals surface area contributed by atoms with Gasteiger partial charge in [0.05, 0.1) is 25.5 Å². The highest BCUT2D eigenvalue weighted by Crippen LogP contribution is 2.17. The highest BCUT2D eigenvalue weighted by Gasteiger charge is 2.10. The van der Waals surface area contributed by atoms with Crippen molar-refractivity contribution in [1.29, 1.82) is 0 Å². The van der Waals surface area contributed by atoms with E-state index >= 15 is 0 Å². The van der Waals surface area contributed by atoms with E-state index < -0.39 is 0 Å². The summed E-state index contributed by atoms with van der Waals surface area (Å²) < 4.78 is 7.04. The van der Waals surface area contributed by atoms with E-state index in [0.29, 0.717) is 13.0 Å². The van der Waals surface area contributed by atoms with Gasteiger partial charge < -0.3 is 15.4 Å². The summed E-state index contributed by atoms with van der Waals surface area (Å²) in [6.07, 6.45) is 7.32. The summed E-state index contributed by atoms with van der Waals surface area (Å²) in [6, 6.07) is 7.63. The summed E-state index contributed by atoms with van der Waals surface area (Å²) in [4.78, 5) is 20.4. The Morgan fingerprint density at radius 3 is 2.84 bits per heavy atom. The van der Waals surface area contributed by atoms with Gasteiger partial charge in [0.2, 0.25) is 5.91 Å². The largest absolute Gasteiger partial charge is 0.497 e. The van der Waals surface area contributed by atoms with Crippen molar-refractivity contribution in [3.05, 3.63) is 54.6 Å². The molecule has 0 saturated heterocycles. The third-order valence-electron chi connectivity index (χ3n) is 3.97. The Bertz CT molecular complexity index is 844. The van der Waals surface area contributed by atoms with Crippen LogP contribution in [0.5, 0.6) is 5.75 Å². The lowest BCUT2D eigenvalue weighted by Gasteiger charge is -2.15. The second-order valence-electron chi connectivity index (χ2n) is 5.69. The van der Waals surface area contributed by atoms with Crippen molar-refractivity contribution in [3.63, 3.8) is 0 Å². The Kier molecular flexibility index (Phi) is 5.13.